The molecule has 1 nitrogen and oxygen atoms in total. The van der Waals surface area contributed by atoms with Crippen LogP contribution in [0.3, 0.4) is 0 Å². The Morgan fingerprint density at radius 2 is 1.34 bits per heavy atom. The van der Waals surface area contributed by atoms with Crippen LogP contribution in [0.15, 0.2) is 72.8 Å². The Kier molecular flexibility index (Phi) is 8.07. The normalized spacial score (nSPS) is 12.1. The molecule has 0 aliphatic carbocycles. The van der Waals surface area contributed by atoms with Gasteiger partial charge in [-0.1, -0.05) is 112 Å². The molecule has 0 aliphatic heterocycles. The summed E-state index contributed by atoms with van der Waals surface area (Å²) in [7, 11) is 0. The molecule has 0 amide bonds. The van der Waals surface area contributed by atoms with Gasteiger partial charge < -0.3 is 5.11 Å². The maximum Gasteiger partial charge on any atom is 0.0761 e. The molecule has 0 heterocycles. The summed E-state index contributed by atoms with van der Waals surface area (Å²) in [6.45, 7) is 4.08. The highest BCUT2D eigenvalue weighted by Crippen LogP contribution is 2.34. The third-order valence-electron chi connectivity index (χ3n) is 5.69. The highest BCUT2D eigenvalue weighted by atomic mass is 16.3. The van der Waals surface area contributed by atoms with Gasteiger partial charge in [0, 0.05) is 0 Å². The van der Waals surface area contributed by atoms with Crippen molar-refractivity contribution in [3.8, 4) is 22.3 Å². The highest BCUT2D eigenvalue weighted by Gasteiger charge is 2.10. The van der Waals surface area contributed by atoms with E-state index in [1.54, 1.807) is 6.92 Å². The Labute approximate surface area is 176 Å². The molecule has 0 spiro atoms. The van der Waals surface area contributed by atoms with Gasteiger partial charge in [-0.05, 0) is 53.1 Å². The maximum atomic E-state index is 9.80. The van der Waals surface area contributed by atoms with E-state index >= 15 is 0 Å². The van der Waals surface area contributed by atoms with Crippen LogP contribution in [0.25, 0.3) is 22.3 Å². The van der Waals surface area contributed by atoms with E-state index in [1.165, 1.54) is 66.3 Å². The second kappa shape index (κ2) is 11.0. The number of hydrogen-bond donors (Lipinski definition) is 1. The lowest BCUT2D eigenvalue weighted by atomic mass is 9.91. The van der Waals surface area contributed by atoms with Gasteiger partial charge in [-0.2, -0.15) is 0 Å². The van der Waals surface area contributed by atoms with Gasteiger partial charge in [-0.15, -0.1) is 0 Å². The van der Waals surface area contributed by atoms with Crippen LogP contribution in [-0.4, -0.2) is 5.11 Å². The largest absolute Gasteiger partial charge is 0.389 e. The predicted octanol–water partition coefficient (Wildman–Crippen LogP) is 7.98. The van der Waals surface area contributed by atoms with Crippen LogP contribution in [-0.2, 0) is 6.42 Å². The first-order chi connectivity index (χ1) is 14.2. The molecule has 0 radical (unpaired) electrons. The fourth-order valence-electron chi connectivity index (χ4n) is 3.91. The second-order valence-corrected chi connectivity index (χ2v) is 8.06. The zero-order chi connectivity index (χ0) is 20.5. The Hall–Kier alpha value is -2.38. The Balaban J connectivity index is 1.82. The van der Waals surface area contributed by atoms with E-state index in [9.17, 15) is 5.11 Å². The van der Waals surface area contributed by atoms with Crippen LogP contribution in [0.1, 0.15) is 69.6 Å². The molecule has 0 saturated carbocycles. The number of benzene rings is 3. The molecule has 0 saturated heterocycles. The average Bonchev–Trinajstić information content (AvgIpc) is 2.77. The molecule has 29 heavy (non-hydrogen) atoms. The lowest BCUT2D eigenvalue weighted by Gasteiger charge is -2.14. The number of unbranched alkanes of at least 4 members (excludes halogenated alkanes) is 5. The van der Waals surface area contributed by atoms with E-state index in [-0.39, 0.29) is 0 Å². The molecule has 3 aromatic carbocycles. The third-order valence-corrected chi connectivity index (χ3v) is 5.69. The minimum Gasteiger partial charge on any atom is -0.389 e. The molecule has 0 fully saturated rings. The van der Waals surface area contributed by atoms with Crippen molar-refractivity contribution >= 4 is 0 Å². The Bertz CT molecular complexity index is 863. The summed E-state index contributed by atoms with van der Waals surface area (Å²) < 4.78 is 0. The van der Waals surface area contributed by atoms with E-state index in [4.69, 9.17) is 0 Å². The molecule has 3 rings (SSSR count). The summed E-state index contributed by atoms with van der Waals surface area (Å²) in [5.74, 6) is 0. The van der Waals surface area contributed by atoms with Crippen LogP contribution in [0.4, 0.5) is 0 Å². The van der Waals surface area contributed by atoms with Crippen LogP contribution in [0, 0.1) is 0 Å². The fraction of sp³-hybridized carbons (Fsp3) is 0.357. The summed E-state index contributed by atoms with van der Waals surface area (Å²) in [5, 5.41) is 9.80. The molecule has 1 N–H and O–H groups in total. The van der Waals surface area contributed by atoms with E-state index in [1.807, 2.05) is 12.1 Å². The van der Waals surface area contributed by atoms with Gasteiger partial charge in [0.1, 0.15) is 0 Å². The molecule has 0 bridgehead atoms. The molecule has 1 atom stereocenters. The smallest absolute Gasteiger partial charge is 0.0761 e. The first kappa shape index (κ1) is 21.3. The average molecular weight is 387 g/mol. The molecular weight excluding hydrogens is 352 g/mol. The van der Waals surface area contributed by atoms with Gasteiger partial charge >= 0.3 is 0 Å². The van der Waals surface area contributed by atoms with Crippen molar-refractivity contribution in [2.24, 2.45) is 0 Å². The third kappa shape index (κ3) is 6.05. The van der Waals surface area contributed by atoms with Gasteiger partial charge in [0.15, 0.2) is 0 Å². The summed E-state index contributed by atoms with van der Waals surface area (Å²) in [4.78, 5) is 0. The van der Waals surface area contributed by atoms with Crippen molar-refractivity contribution in [1.82, 2.24) is 0 Å². The zero-order valence-corrected chi connectivity index (χ0v) is 17.9. The first-order valence-corrected chi connectivity index (χ1v) is 11.2. The monoisotopic (exact) mass is 386 g/mol. The Morgan fingerprint density at radius 3 is 2.03 bits per heavy atom. The van der Waals surface area contributed by atoms with Crippen LogP contribution in [0.5, 0.6) is 0 Å². The van der Waals surface area contributed by atoms with Crippen molar-refractivity contribution in [3.63, 3.8) is 0 Å². The number of hydrogen-bond acceptors (Lipinski definition) is 1. The molecule has 152 valence electrons. The molecule has 1 unspecified atom stereocenters. The molecular formula is C28H34O. The summed E-state index contributed by atoms with van der Waals surface area (Å²) in [5.41, 5.74) is 7.36. The van der Waals surface area contributed by atoms with Crippen molar-refractivity contribution in [2.45, 2.75) is 64.9 Å². The van der Waals surface area contributed by atoms with E-state index < -0.39 is 6.10 Å². The topological polar surface area (TPSA) is 20.2 Å². The minimum atomic E-state index is -0.433. The fourth-order valence-corrected chi connectivity index (χ4v) is 3.91. The standard InChI is InChI=1S/C28H34O/c1-3-4-5-6-7-9-12-23-15-20-27(26-18-16-24(17-19-26)22(2)29)28(21-23)25-13-10-8-11-14-25/h8,10-11,13-22,29H,3-7,9,12H2,1-2H3. The number of aliphatic hydroxyl groups is 1. The van der Waals surface area contributed by atoms with Crippen molar-refractivity contribution < 1.29 is 5.11 Å². The molecule has 1 heteroatoms. The predicted molar refractivity (Wildman–Crippen MR) is 125 cm³/mol. The number of aryl methyl sites for hydroxylation is 1. The van der Waals surface area contributed by atoms with Gasteiger partial charge in [0.25, 0.3) is 0 Å². The quantitative estimate of drug-likeness (QED) is 0.350. The lowest BCUT2D eigenvalue weighted by molar-refractivity contribution is 0.199. The van der Waals surface area contributed by atoms with Crippen LogP contribution >= 0.6 is 0 Å². The summed E-state index contributed by atoms with van der Waals surface area (Å²) >= 11 is 0. The molecule has 3 aromatic rings. The van der Waals surface area contributed by atoms with E-state index in [0.29, 0.717) is 0 Å². The highest BCUT2D eigenvalue weighted by molar-refractivity contribution is 5.84. The zero-order valence-electron chi connectivity index (χ0n) is 17.9. The SMILES string of the molecule is CCCCCCCCc1ccc(-c2ccc(C(C)O)cc2)c(-c2ccccc2)c1. The number of rotatable bonds is 10. The summed E-state index contributed by atoms with van der Waals surface area (Å²) in [6.07, 6.45) is 8.69. The van der Waals surface area contributed by atoms with Gasteiger partial charge in [-0.25, -0.2) is 0 Å². The molecule has 0 aromatic heterocycles. The van der Waals surface area contributed by atoms with E-state index in [2.05, 4.69) is 67.6 Å². The van der Waals surface area contributed by atoms with E-state index in [0.717, 1.165) is 12.0 Å². The Morgan fingerprint density at radius 1 is 0.690 bits per heavy atom. The van der Waals surface area contributed by atoms with Crippen LogP contribution < -0.4 is 0 Å². The molecule has 0 aliphatic rings. The van der Waals surface area contributed by atoms with Gasteiger partial charge in [0.2, 0.25) is 0 Å². The second-order valence-electron chi connectivity index (χ2n) is 8.06. The summed E-state index contributed by atoms with van der Waals surface area (Å²) in [6, 6.07) is 25.9. The van der Waals surface area contributed by atoms with Gasteiger partial charge in [-0.3, -0.25) is 0 Å². The maximum absolute atomic E-state index is 9.80. The number of aliphatic hydroxyl groups excluding tert-OH is 1. The van der Waals surface area contributed by atoms with Crippen molar-refractivity contribution in [2.75, 3.05) is 0 Å². The first-order valence-electron chi connectivity index (χ1n) is 11.2. The van der Waals surface area contributed by atoms with Crippen molar-refractivity contribution in [1.29, 1.82) is 0 Å². The lowest BCUT2D eigenvalue weighted by Crippen LogP contribution is -1.93. The van der Waals surface area contributed by atoms with Crippen molar-refractivity contribution in [3.05, 3.63) is 83.9 Å². The van der Waals surface area contributed by atoms with Gasteiger partial charge in [0.05, 0.1) is 6.10 Å². The minimum absolute atomic E-state index is 0.433. The van der Waals surface area contributed by atoms with Crippen LogP contribution in [0.2, 0.25) is 0 Å².